The Balaban J connectivity index is 0.000000509. The highest BCUT2D eigenvalue weighted by molar-refractivity contribution is 7.15. The van der Waals surface area contributed by atoms with Crippen LogP contribution in [-0.2, 0) is 24.4 Å². The fourth-order valence-corrected chi connectivity index (χ4v) is 3.46. The molecule has 0 aliphatic heterocycles. The quantitative estimate of drug-likeness (QED) is 0.470. The number of carboxylic acids is 1. The first-order valence-corrected chi connectivity index (χ1v) is 10.1. The molecule has 0 unspecified atom stereocenters. The Morgan fingerprint density at radius 1 is 1.26 bits per heavy atom. The molecule has 0 radical (unpaired) electrons. The van der Waals surface area contributed by atoms with Crippen molar-refractivity contribution in [3.05, 3.63) is 57.6 Å². The topological polar surface area (TPSA) is 121 Å². The summed E-state index contributed by atoms with van der Waals surface area (Å²) in [6.45, 7) is 1.82. The van der Waals surface area contributed by atoms with Crippen LogP contribution in [0.4, 0.5) is 26.3 Å². The average Bonchev–Trinajstić information content (AvgIpc) is 3.46. The van der Waals surface area contributed by atoms with Crippen molar-refractivity contribution in [1.82, 2.24) is 24.1 Å². The monoisotopic (exact) mass is 512 g/mol. The molecule has 3 heterocycles. The van der Waals surface area contributed by atoms with E-state index in [0.29, 0.717) is 16.3 Å². The van der Waals surface area contributed by atoms with Crippen LogP contribution in [0.5, 0.6) is 0 Å². The Morgan fingerprint density at radius 3 is 2.41 bits per heavy atom. The summed E-state index contributed by atoms with van der Waals surface area (Å²) in [5, 5.41) is 15.1. The molecule has 3 rings (SSSR count). The Hall–Kier alpha value is -3.40. The summed E-state index contributed by atoms with van der Waals surface area (Å²) >= 11 is 1.20. The number of hydrogen-bond acceptors (Lipinski definition) is 6. The zero-order chi connectivity index (χ0) is 25.6. The number of nitrogens with two attached hydrogens (primary N) is 1. The van der Waals surface area contributed by atoms with E-state index in [1.54, 1.807) is 10.9 Å². The van der Waals surface area contributed by atoms with Crippen molar-refractivity contribution in [2.24, 2.45) is 5.73 Å². The summed E-state index contributed by atoms with van der Waals surface area (Å²) in [5.41, 5.74) is 5.04. The molecule has 0 spiro atoms. The van der Waals surface area contributed by atoms with Crippen molar-refractivity contribution in [1.29, 1.82) is 0 Å². The number of hydrogen-bond donors (Lipinski definition) is 2. The molecule has 9 nitrogen and oxygen atoms in total. The summed E-state index contributed by atoms with van der Waals surface area (Å²) < 4.78 is 75.2. The summed E-state index contributed by atoms with van der Waals surface area (Å²) in [6.07, 6.45) is -2.36. The second kappa shape index (κ2) is 11.1. The lowest BCUT2D eigenvalue weighted by atomic mass is 10.3. The number of alkyl halides is 3. The van der Waals surface area contributed by atoms with E-state index in [1.165, 1.54) is 28.3 Å². The number of aliphatic carboxylic acids is 1. The molecular weight excluding hydrogens is 494 g/mol. The number of aromatic nitrogens is 5. The van der Waals surface area contributed by atoms with Gasteiger partial charge in [-0.05, 0) is 13.0 Å². The van der Waals surface area contributed by atoms with Crippen molar-refractivity contribution >= 4 is 17.3 Å². The minimum Gasteiger partial charge on any atom is -0.475 e. The van der Waals surface area contributed by atoms with Crippen molar-refractivity contribution in [3.63, 3.8) is 0 Å². The molecule has 3 aromatic rings. The van der Waals surface area contributed by atoms with Crippen molar-refractivity contribution in [3.8, 4) is 10.4 Å². The van der Waals surface area contributed by atoms with Gasteiger partial charge >= 0.3 is 17.8 Å². The number of carbonyl (C=O) groups is 1. The van der Waals surface area contributed by atoms with Crippen LogP contribution in [0.25, 0.3) is 10.4 Å². The molecule has 186 valence electrons. The zero-order valence-electron chi connectivity index (χ0n) is 17.4. The van der Waals surface area contributed by atoms with Crippen molar-refractivity contribution < 1.29 is 36.2 Å². The van der Waals surface area contributed by atoms with Gasteiger partial charge in [0.05, 0.1) is 24.2 Å². The Kier molecular flexibility index (Phi) is 8.80. The SMILES string of the molecule is CCn1cc(-c2cc(F)c(Cn3cnn(CC(CN)=C(F)F)c3=O)s2)cn1.O=C(O)C(F)(F)F. The van der Waals surface area contributed by atoms with Crippen LogP contribution in [0.1, 0.15) is 11.8 Å². The van der Waals surface area contributed by atoms with Gasteiger partial charge in [-0.2, -0.15) is 32.1 Å². The van der Waals surface area contributed by atoms with Gasteiger partial charge in [-0.3, -0.25) is 9.25 Å². The maximum absolute atomic E-state index is 14.3. The lowest BCUT2D eigenvalue weighted by molar-refractivity contribution is -0.192. The number of rotatable bonds is 7. The van der Waals surface area contributed by atoms with E-state index in [9.17, 15) is 31.1 Å². The third-order valence-corrected chi connectivity index (χ3v) is 5.35. The number of halogens is 6. The van der Waals surface area contributed by atoms with Crippen molar-refractivity contribution in [2.45, 2.75) is 32.7 Å². The third-order valence-electron chi connectivity index (χ3n) is 4.21. The molecule has 34 heavy (non-hydrogen) atoms. The number of thiophene rings is 1. The van der Waals surface area contributed by atoms with Gasteiger partial charge in [-0.1, -0.05) is 0 Å². The summed E-state index contributed by atoms with van der Waals surface area (Å²) in [7, 11) is 0. The van der Waals surface area contributed by atoms with Crippen LogP contribution in [0.3, 0.4) is 0 Å². The van der Waals surface area contributed by atoms with E-state index in [1.807, 2.05) is 13.1 Å². The van der Waals surface area contributed by atoms with E-state index >= 15 is 0 Å². The van der Waals surface area contributed by atoms with E-state index in [0.717, 1.165) is 10.2 Å². The van der Waals surface area contributed by atoms with Crippen LogP contribution in [-0.4, -0.2) is 47.9 Å². The highest BCUT2D eigenvalue weighted by Gasteiger charge is 2.38. The molecule has 0 bridgehead atoms. The zero-order valence-corrected chi connectivity index (χ0v) is 18.2. The first-order chi connectivity index (χ1) is 15.9. The minimum atomic E-state index is -5.08. The fourth-order valence-electron chi connectivity index (χ4n) is 2.45. The van der Waals surface area contributed by atoms with Crippen LogP contribution in [0.15, 0.2) is 41.2 Å². The van der Waals surface area contributed by atoms with Crippen LogP contribution >= 0.6 is 11.3 Å². The predicted octanol–water partition coefficient (Wildman–Crippen LogP) is 2.92. The predicted molar refractivity (Wildman–Crippen MR) is 109 cm³/mol. The second-order valence-corrected chi connectivity index (χ2v) is 7.67. The molecule has 0 saturated carbocycles. The Bertz CT molecular complexity index is 1220. The van der Waals surface area contributed by atoms with Gasteiger partial charge in [-0.15, -0.1) is 11.3 Å². The van der Waals surface area contributed by atoms with Gasteiger partial charge in [0.15, 0.2) is 0 Å². The normalized spacial score (nSPS) is 11.2. The Morgan fingerprint density at radius 2 is 1.91 bits per heavy atom. The number of aryl methyl sites for hydroxylation is 1. The largest absolute Gasteiger partial charge is 0.490 e. The van der Waals surface area contributed by atoms with E-state index in [2.05, 4.69) is 10.2 Å². The first kappa shape index (κ1) is 26.8. The molecule has 0 aromatic carbocycles. The molecule has 0 amide bonds. The van der Waals surface area contributed by atoms with Crippen LogP contribution in [0, 0.1) is 5.82 Å². The van der Waals surface area contributed by atoms with Gasteiger partial charge in [0.25, 0.3) is 6.08 Å². The molecule has 0 fully saturated rings. The molecular formula is C18H18F6N6O3S. The maximum Gasteiger partial charge on any atom is 0.490 e. The average molecular weight is 512 g/mol. The highest BCUT2D eigenvalue weighted by Crippen LogP contribution is 2.30. The summed E-state index contributed by atoms with van der Waals surface area (Å²) in [6, 6.07) is 1.39. The Labute approximate surface area is 191 Å². The van der Waals surface area contributed by atoms with Crippen molar-refractivity contribution in [2.75, 3.05) is 6.54 Å². The smallest absolute Gasteiger partial charge is 0.475 e. The standard InChI is InChI=1S/C16H17F3N6OS.C2HF3O2/c1-2-24-6-11(5-21-24)13-3-12(17)14(27-13)8-23-9-22-25(16(23)26)7-10(4-20)15(18)19;3-2(4,5)1(6)7/h3,5-6,9H,2,4,7-8,20H2,1H3;(H,6,7). The second-order valence-electron chi connectivity index (χ2n) is 6.54. The van der Waals surface area contributed by atoms with Gasteiger partial charge in [0, 0.05) is 35.3 Å². The summed E-state index contributed by atoms with van der Waals surface area (Å²) in [4.78, 5) is 22.2. The molecule has 3 aromatic heterocycles. The van der Waals surface area contributed by atoms with Crippen LogP contribution in [0.2, 0.25) is 0 Å². The lowest BCUT2D eigenvalue weighted by Crippen LogP contribution is -2.27. The molecule has 3 N–H and O–H groups in total. The number of nitrogens with zero attached hydrogens (tertiary/aromatic N) is 5. The molecule has 16 heteroatoms. The van der Waals surface area contributed by atoms with E-state index in [-0.39, 0.29) is 18.7 Å². The summed E-state index contributed by atoms with van der Waals surface area (Å²) in [5.74, 6) is -3.20. The van der Waals surface area contributed by atoms with Gasteiger partial charge in [0.1, 0.15) is 12.1 Å². The minimum absolute atomic E-state index is 0.0446. The lowest BCUT2D eigenvalue weighted by Gasteiger charge is -2.02. The molecule has 0 aliphatic carbocycles. The first-order valence-electron chi connectivity index (χ1n) is 9.33. The van der Waals surface area contributed by atoms with Gasteiger partial charge < -0.3 is 10.8 Å². The molecule has 0 atom stereocenters. The van der Waals surface area contributed by atoms with Gasteiger partial charge in [0.2, 0.25) is 0 Å². The molecule has 0 saturated heterocycles. The number of carboxylic acid groups (broad SMARTS) is 1. The van der Waals surface area contributed by atoms with Gasteiger partial charge in [-0.25, -0.2) is 18.7 Å². The van der Waals surface area contributed by atoms with Crippen LogP contribution < -0.4 is 11.4 Å². The molecule has 0 aliphatic rings. The van der Waals surface area contributed by atoms with E-state index < -0.39 is 36.3 Å². The highest BCUT2D eigenvalue weighted by atomic mass is 32.1. The fraction of sp³-hybridized carbons (Fsp3) is 0.333. The third kappa shape index (κ3) is 6.80. The maximum atomic E-state index is 14.3. The van der Waals surface area contributed by atoms with E-state index in [4.69, 9.17) is 15.6 Å².